The number of hydrogen-bond acceptors (Lipinski definition) is 2. The minimum Gasteiger partial charge on any atom is -0.490 e. The minimum absolute atomic E-state index is 0.0189. The first-order chi connectivity index (χ1) is 8.69. The van der Waals surface area contributed by atoms with Gasteiger partial charge in [-0.3, -0.25) is 4.79 Å². The van der Waals surface area contributed by atoms with Gasteiger partial charge in [-0.2, -0.15) is 0 Å². The summed E-state index contributed by atoms with van der Waals surface area (Å²) in [5, 5.41) is 0. The molecule has 0 bridgehead atoms. The third-order valence-electron chi connectivity index (χ3n) is 3.23. The van der Waals surface area contributed by atoms with E-state index < -0.39 is 0 Å². The van der Waals surface area contributed by atoms with Crippen molar-refractivity contribution in [1.29, 1.82) is 0 Å². The number of carbonyl (C=O) groups excluding carboxylic acids is 1. The van der Waals surface area contributed by atoms with Crippen LogP contribution in [0.15, 0.2) is 24.3 Å². The molecule has 4 heteroatoms. The molecule has 1 amide bonds. The Kier molecular flexibility index (Phi) is 4.48. The summed E-state index contributed by atoms with van der Waals surface area (Å²) in [6, 6.07) is 8.07. The number of nitrogens with zero attached hydrogens (tertiary/aromatic N) is 1. The third-order valence-corrected chi connectivity index (χ3v) is 3.46. The van der Waals surface area contributed by atoms with Gasteiger partial charge in [0.2, 0.25) is 5.91 Å². The number of ether oxygens (including phenoxy) is 1. The van der Waals surface area contributed by atoms with Crippen molar-refractivity contribution in [3.63, 3.8) is 0 Å². The molecule has 1 aromatic carbocycles. The number of benzene rings is 1. The lowest BCUT2D eigenvalue weighted by molar-refractivity contribution is -0.130. The molecule has 1 fully saturated rings. The Labute approximate surface area is 113 Å². The normalized spacial score (nSPS) is 16.7. The number of hydrogen-bond donors (Lipinski definition) is 0. The largest absolute Gasteiger partial charge is 0.490 e. The van der Waals surface area contributed by atoms with Crippen molar-refractivity contribution in [1.82, 2.24) is 4.90 Å². The Morgan fingerprint density at radius 1 is 1.33 bits per heavy atom. The van der Waals surface area contributed by atoms with E-state index in [4.69, 9.17) is 16.3 Å². The maximum atomic E-state index is 11.4. The van der Waals surface area contributed by atoms with Gasteiger partial charge >= 0.3 is 0 Å². The van der Waals surface area contributed by atoms with Crippen molar-refractivity contribution in [2.45, 2.75) is 25.9 Å². The molecule has 1 aromatic rings. The molecule has 1 aliphatic heterocycles. The number of halogens is 1. The van der Waals surface area contributed by atoms with Crippen molar-refractivity contribution in [3.8, 4) is 5.75 Å². The van der Waals surface area contributed by atoms with Crippen LogP contribution in [0, 0.1) is 6.92 Å². The highest BCUT2D eigenvalue weighted by Gasteiger charge is 2.23. The first-order valence-electron chi connectivity index (χ1n) is 6.26. The van der Waals surface area contributed by atoms with E-state index in [1.165, 1.54) is 5.56 Å². The summed E-state index contributed by atoms with van der Waals surface area (Å²) in [6.45, 7) is 3.53. The minimum atomic E-state index is 0.0189. The zero-order valence-electron chi connectivity index (χ0n) is 10.6. The lowest BCUT2D eigenvalue weighted by Gasteiger charge is -2.31. The van der Waals surface area contributed by atoms with Crippen LogP contribution in [0.2, 0.25) is 0 Å². The molecule has 98 valence electrons. The molecule has 0 saturated carbocycles. The van der Waals surface area contributed by atoms with E-state index in [1.807, 2.05) is 29.2 Å². The van der Waals surface area contributed by atoms with E-state index in [0.717, 1.165) is 31.7 Å². The highest BCUT2D eigenvalue weighted by atomic mass is 35.5. The van der Waals surface area contributed by atoms with Gasteiger partial charge in [0.15, 0.2) is 0 Å². The van der Waals surface area contributed by atoms with Crippen LogP contribution < -0.4 is 4.74 Å². The van der Waals surface area contributed by atoms with Gasteiger partial charge in [0, 0.05) is 25.9 Å². The van der Waals surface area contributed by atoms with Crippen molar-refractivity contribution in [3.05, 3.63) is 29.8 Å². The van der Waals surface area contributed by atoms with E-state index >= 15 is 0 Å². The van der Waals surface area contributed by atoms with Gasteiger partial charge in [-0.25, -0.2) is 0 Å². The molecule has 18 heavy (non-hydrogen) atoms. The average Bonchev–Trinajstić information content (AvgIpc) is 2.41. The van der Waals surface area contributed by atoms with Gasteiger partial charge in [0.1, 0.15) is 17.7 Å². The molecule has 0 aliphatic carbocycles. The summed E-state index contributed by atoms with van der Waals surface area (Å²) in [5.41, 5.74) is 1.23. The molecule has 0 N–H and O–H groups in total. The monoisotopic (exact) mass is 267 g/mol. The number of likely N-dealkylation sites (tertiary alicyclic amines) is 1. The standard InChI is InChI=1S/C14H18ClNO2/c1-11-2-4-12(5-3-11)18-13-6-8-16(9-7-13)14(17)10-15/h2-5,13H,6-10H2,1H3. The van der Waals surface area contributed by atoms with E-state index in [9.17, 15) is 4.79 Å². The maximum absolute atomic E-state index is 11.4. The first kappa shape index (κ1) is 13.2. The molecule has 1 aliphatic rings. The average molecular weight is 268 g/mol. The Morgan fingerprint density at radius 3 is 2.50 bits per heavy atom. The van der Waals surface area contributed by atoms with Crippen molar-refractivity contribution in [2.24, 2.45) is 0 Å². The van der Waals surface area contributed by atoms with Crippen LogP contribution in [0.5, 0.6) is 5.75 Å². The van der Waals surface area contributed by atoms with Gasteiger partial charge in [0.05, 0.1) is 0 Å². The Bertz CT molecular complexity index is 397. The summed E-state index contributed by atoms with van der Waals surface area (Å²) in [4.78, 5) is 13.2. The maximum Gasteiger partial charge on any atom is 0.237 e. The van der Waals surface area contributed by atoms with E-state index in [0.29, 0.717) is 0 Å². The summed E-state index contributed by atoms with van der Waals surface area (Å²) in [5.74, 6) is 0.997. The summed E-state index contributed by atoms with van der Waals surface area (Å²) < 4.78 is 5.90. The summed E-state index contributed by atoms with van der Waals surface area (Å²) in [6.07, 6.45) is 1.94. The lowest BCUT2D eigenvalue weighted by atomic mass is 10.1. The van der Waals surface area contributed by atoms with Crippen LogP contribution in [0.3, 0.4) is 0 Å². The highest BCUT2D eigenvalue weighted by Crippen LogP contribution is 2.19. The summed E-state index contributed by atoms with van der Waals surface area (Å²) >= 11 is 5.54. The highest BCUT2D eigenvalue weighted by molar-refractivity contribution is 6.27. The topological polar surface area (TPSA) is 29.5 Å². The van der Waals surface area contributed by atoms with E-state index in [1.54, 1.807) is 0 Å². The number of alkyl halides is 1. The zero-order chi connectivity index (χ0) is 13.0. The van der Waals surface area contributed by atoms with Crippen molar-refractivity contribution < 1.29 is 9.53 Å². The second kappa shape index (κ2) is 6.10. The molecule has 0 radical (unpaired) electrons. The number of rotatable bonds is 3. The van der Waals surface area contributed by atoms with Gasteiger partial charge < -0.3 is 9.64 Å². The smallest absolute Gasteiger partial charge is 0.237 e. The zero-order valence-corrected chi connectivity index (χ0v) is 11.3. The molecule has 0 atom stereocenters. The predicted octanol–water partition coefficient (Wildman–Crippen LogP) is 2.60. The fourth-order valence-corrected chi connectivity index (χ4v) is 2.29. The van der Waals surface area contributed by atoms with Gasteiger partial charge in [-0.1, -0.05) is 17.7 Å². The van der Waals surface area contributed by atoms with Crippen molar-refractivity contribution >= 4 is 17.5 Å². The molecule has 1 heterocycles. The van der Waals surface area contributed by atoms with E-state index in [2.05, 4.69) is 6.92 Å². The predicted molar refractivity (Wildman–Crippen MR) is 72.1 cm³/mol. The fourth-order valence-electron chi connectivity index (χ4n) is 2.12. The van der Waals surface area contributed by atoms with Crippen molar-refractivity contribution in [2.75, 3.05) is 19.0 Å². The molecule has 0 spiro atoms. The fraction of sp³-hybridized carbons (Fsp3) is 0.500. The molecule has 2 rings (SSSR count). The van der Waals surface area contributed by atoms with Crippen LogP contribution in [0.1, 0.15) is 18.4 Å². The second-order valence-corrected chi connectivity index (χ2v) is 4.91. The lowest BCUT2D eigenvalue weighted by Crippen LogP contribution is -2.42. The Morgan fingerprint density at radius 2 is 1.94 bits per heavy atom. The van der Waals surface area contributed by atoms with Crippen LogP contribution in [0.25, 0.3) is 0 Å². The van der Waals surface area contributed by atoms with Gasteiger partial charge in [-0.05, 0) is 19.1 Å². The molecule has 0 unspecified atom stereocenters. The third kappa shape index (κ3) is 3.39. The number of amides is 1. The molecular formula is C14H18ClNO2. The molecule has 1 saturated heterocycles. The van der Waals surface area contributed by atoms with Gasteiger partial charge in [-0.15, -0.1) is 11.6 Å². The van der Waals surface area contributed by atoms with Crippen LogP contribution in [-0.2, 0) is 4.79 Å². The first-order valence-corrected chi connectivity index (χ1v) is 6.79. The Balaban J connectivity index is 1.83. The number of piperidine rings is 1. The number of carbonyl (C=O) groups is 1. The van der Waals surface area contributed by atoms with E-state index in [-0.39, 0.29) is 17.9 Å². The van der Waals surface area contributed by atoms with Gasteiger partial charge in [0.25, 0.3) is 0 Å². The number of aryl methyl sites for hydroxylation is 1. The summed E-state index contributed by atoms with van der Waals surface area (Å²) in [7, 11) is 0. The quantitative estimate of drug-likeness (QED) is 0.788. The molecule has 3 nitrogen and oxygen atoms in total. The van der Waals surface area contributed by atoms with Crippen LogP contribution in [-0.4, -0.2) is 35.9 Å². The molecular weight excluding hydrogens is 250 g/mol. The van der Waals surface area contributed by atoms with Crippen LogP contribution >= 0.6 is 11.6 Å². The Hall–Kier alpha value is -1.22. The van der Waals surface area contributed by atoms with Crippen LogP contribution in [0.4, 0.5) is 0 Å². The molecule has 0 aromatic heterocycles. The second-order valence-electron chi connectivity index (χ2n) is 4.64. The SMILES string of the molecule is Cc1ccc(OC2CCN(C(=O)CCl)CC2)cc1.